The second-order valence-corrected chi connectivity index (χ2v) is 4.57. The van der Waals surface area contributed by atoms with Gasteiger partial charge in [-0.2, -0.15) is 0 Å². The molecule has 0 saturated carbocycles. The number of nitrogens with zero attached hydrogens (tertiary/aromatic N) is 2. The number of aromatic nitrogens is 2. The van der Waals surface area contributed by atoms with Gasteiger partial charge >= 0.3 is 0 Å². The lowest BCUT2D eigenvalue weighted by Crippen LogP contribution is -1.84. The Morgan fingerprint density at radius 3 is 2.57 bits per heavy atom. The van der Waals surface area contributed by atoms with Crippen molar-refractivity contribution < 1.29 is 8.81 Å². The van der Waals surface area contributed by atoms with Crippen molar-refractivity contribution in [2.75, 3.05) is 0 Å². The van der Waals surface area contributed by atoms with E-state index in [4.69, 9.17) is 4.42 Å². The lowest BCUT2D eigenvalue weighted by molar-refractivity contribution is 0.536. The minimum Gasteiger partial charge on any atom is -0.412 e. The molecule has 2 rings (SSSR count). The van der Waals surface area contributed by atoms with Gasteiger partial charge in [0.1, 0.15) is 5.82 Å². The second-order valence-electron chi connectivity index (χ2n) is 2.48. The minimum atomic E-state index is -0.271. The number of rotatable bonds is 1. The number of hydrogen-bond donors (Lipinski definition) is 0. The molecule has 0 N–H and O–H groups in total. The zero-order valence-electron chi connectivity index (χ0n) is 6.67. The van der Waals surface area contributed by atoms with Gasteiger partial charge in [0.15, 0.2) is 0 Å². The lowest BCUT2D eigenvalue weighted by Gasteiger charge is -1.97. The monoisotopic (exact) mass is 416 g/mol. The Morgan fingerprint density at radius 1 is 1.21 bits per heavy atom. The Kier molecular flexibility index (Phi) is 3.00. The van der Waals surface area contributed by atoms with Crippen molar-refractivity contribution >= 4 is 45.2 Å². The van der Waals surface area contributed by atoms with E-state index in [9.17, 15) is 4.39 Å². The van der Waals surface area contributed by atoms with Crippen LogP contribution in [0.3, 0.4) is 0 Å². The molecule has 0 saturated heterocycles. The third-order valence-electron chi connectivity index (χ3n) is 1.56. The highest BCUT2D eigenvalue weighted by Gasteiger charge is 2.10. The van der Waals surface area contributed by atoms with Crippen LogP contribution in [0.5, 0.6) is 0 Å². The van der Waals surface area contributed by atoms with Gasteiger partial charge < -0.3 is 4.42 Å². The molecule has 1 heterocycles. The van der Waals surface area contributed by atoms with Gasteiger partial charge in [0, 0.05) is 26.2 Å². The predicted octanol–water partition coefficient (Wildman–Crippen LogP) is 3.08. The summed E-state index contributed by atoms with van der Waals surface area (Å²) in [6.45, 7) is 0. The lowest BCUT2D eigenvalue weighted by atomic mass is 10.2. The van der Waals surface area contributed by atoms with Gasteiger partial charge in [-0.15, -0.1) is 10.2 Å². The van der Waals surface area contributed by atoms with Crippen LogP contribution < -0.4 is 0 Å². The Labute approximate surface area is 106 Å². The molecule has 14 heavy (non-hydrogen) atoms. The highest BCUT2D eigenvalue weighted by Crippen LogP contribution is 2.24. The zero-order valence-corrected chi connectivity index (χ0v) is 11.0. The van der Waals surface area contributed by atoms with E-state index in [0.717, 1.165) is 9.13 Å². The van der Waals surface area contributed by atoms with Crippen molar-refractivity contribution in [2.24, 2.45) is 0 Å². The zero-order chi connectivity index (χ0) is 10.1. The quantitative estimate of drug-likeness (QED) is 0.672. The van der Waals surface area contributed by atoms with E-state index in [1.54, 1.807) is 6.07 Å². The van der Waals surface area contributed by atoms with E-state index in [2.05, 4.69) is 10.2 Å². The van der Waals surface area contributed by atoms with Crippen LogP contribution in [-0.4, -0.2) is 10.2 Å². The van der Waals surface area contributed by atoms with Gasteiger partial charge in [-0.3, -0.25) is 0 Å². The minimum absolute atomic E-state index is 0.271. The third kappa shape index (κ3) is 2.05. The molecule has 2 aromatic rings. The molecule has 3 nitrogen and oxygen atoms in total. The van der Waals surface area contributed by atoms with E-state index in [0.29, 0.717) is 9.79 Å². The first-order chi connectivity index (χ1) is 6.66. The fourth-order valence-electron chi connectivity index (χ4n) is 0.977. The van der Waals surface area contributed by atoms with E-state index < -0.39 is 0 Å². The summed E-state index contributed by atoms with van der Waals surface area (Å²) in [4.78, 5) is 0. The number of hydrogen-bond acceptors (Lipinski definition) is 3. The van der Waals surface area contributed by atoms with Crippen molar-refractivity contribution in [1.82, 2.24) is 10.2 Å². The smallest absolute Gasteiger partial charge is 0.278 e. The van der Waals surface area contributed by atoms with Crippen LogP contribution in [0.4, 0.5) is 4.39 Å². The summed E-state index contributed by atoms with van der Waals surface area (Å²) in [6.07, 6.45) is 0. The van der Waals surface area contributed by atoms with E-state index >= 15 is 0 Å². The Balaban J connectivity index is 2.52. The van der Waals surface area contributed by atoms with Crippen LogP contribution in [0, 0.1) is 13.3 Å². The molecule has 0 bridgehead atoms. The topological polar surface area (TPSA) is 38.9 Å². The summed E-state index contributed by atoms with van der Waals surface area (Å²) in [5.41, 5.74) is 0.752. The molecule has 1 aromatic heterocycles. The molecule has 0 aliphatic rings. The fourth-order valence-corrected chi connectivity index (χ4v) is 2.00. The van der Waals surface area contributed by atoms with Gasteiger partial charge in [0.2, 0.25) is 5.89 Å². The average molecular weight is 416 g/mol. The van der Waals surface area contributed by atoms with Crippen LogP contribution >= 0.6 is 45.2 Å². The molecule has 0 atom stereocenters. The first-order valence-electron chi connectivity index (χ1n) is 3.61. The fraction of sp³-hybridized carbons (Fsp3) is 0. The van der Waals surface area contributed by atoms with Crippen LogP contribution in [0.2, 0.25) is 0 Å². The Morgan fingerprint density at radius 2 is 2.00 bits per heavy atom. The van der Waals surface area contributed by atoms with Gasteiger partial charge in [-0.1, -0.05) is 0 Å². The van der Waals surface area contributed by atoms with Gasteiger partial charge in [-0.25, -0.2) is 4.39 Å². The summed E-state index contributed by atoms with van der Waals surface area (Å²) >= 11 is 3.96. The highest BCUT2D eigenvalue weighted by molar-refractivity contribution is 14.1. The van der Waals surface area contributed by atoms with Crippen LogP contribution in [0.15, 0.2) is 22.6 Å². The molecule has 0 unspecified atom stereocenters. The summed E-state index contributed by atoms with van der Waals surface area (Å²) in [5.74, 6) is 0.145. The maximum Gasteiger partial charge on any atom is 0.278 e. The molecule has 0 aliphatic carbocycles. The second kappa shape index (κ2) is 4.09. The number of halogens is 3. The summed E-state index contributed by atoms with van der Waals surface area (Å²) in [7, 11) is 0. The Bertz CT molecular complexity index is 472. The summed E-state index contributed by atoms with van der Waals surface area (Å²) < 4.78 is 19.2. The van der Waals surface area contributed by atoms with Crippen LogP contribution in [-0.2, 0) is 0 Å². The molecule has 72 valence electrons. The predicted molar refractivity (Wildman–Crippen MR) is 65.1 cm³/mol. The van der Waals surface area contributed by atoms with E-state index in [-0.39, 0.29) is 5.82 Å². The van der Waals surface area contributed by atoms with E-state index in [1.165, 1.54) is 12.1 Å². The first-order valence-corrected chi connectivity index (χ1v) is 5.77. The highest BCUT2D eigenvalue weighted by atomic mass is 127. The summed E-state index contributed by atoms with van der Waals surface area (Å²) in [5, 5.41) is 7.55. The van der Waals surface area contributed by atoms with Crippen molar-refractivity contribution in [3.8, 4) is 11.5 Å². The van der Waals surface area contributed by atoms with Gasteiger partial charge in [0.25, 0.3) is 3.90 Å². The largest absolute Gasteiger partial charge is 0.412 e. The first kappa shape index (κ1) is 10.3. The third-order valence-corrected chi connectivity index (χ3v) is 2.89. The Hall–Kier alpha value is -0.250. The van der Waals surface area contributed by atoms with Crippen molar-refractivity contribution in [3.05, 3.63) is 31.5 Å². The molecule has 1 aromatic carbocycles. The average Bonchev–Trinajstić information content (AvgIpc) is 2.51. The number of benzene rings is 1. The van der Waals surface area contributed by atoms with Crippen molar-refractivity contribution in [1.29, 1.82) is 0 Å². The van der Waals surface area contributed by atoms with Gasteiger partial charge in [-0.05, 0) is 40.8 Å². The maximum atomic E-state index is 12.8. The molecule has 0 amide bonds. The van der Waals surface area contributed by atoms with E-state index in [1.807, 2.05) is 45.2 Å². The van der Waals surface area contributed by atoms with Crippen molar-refractivity contribution in [3.63, 3.8) is 0 Å². The van der Waals surface area contributed by atoms with Crippen LogP contribution in [0.1, 0.15) is 0 Å². The normalized spacial score (nSPS) is 10.5. The molecule has 0 radical (unpaired) electrons. The molecule has 6 heteroatoms. The molecular weight excluding hydrogens is 413 g/mol. The van der Waals surface area contributed by atoms with Crippen LogP contribution in [0.25, 0.3) is 11.5 Å². The molecule has 0 spiro atoms. The summed E-state index contributed by atoms with van der Waals surface area (Å²) in [6, 6.07) is 4.42. The molecule has 0 aliphatic heterocycles. The van der Waals surface area contributed by atoms with Crippen molar-refractivity contribution in [2.45, 2.75) is 0 Å². The SMILES string of the molecule is Fc1ccc(-c2nnc(I)o2)c(I)c1. The maximum absolute atomic E-state index is 12.8. The standard InChI is InChI=1S/C8H3FI2N2O/c9-4-1-2-5(6(10)3-4)7-12-13-8(11)14-7/h1-3H. The molecule has 0 fully saturated rings. The molecular formula is C8H3FI2N2O. The van der Waals surface area contributed by atoms with Gasteiger partial charge in [0.05, 0.1) is 5.56 Å².